The molecule has 25 heavy (non-hydrogen) atoms. The van der Waals surface area contributed by atoms with Crippen molar-refractivity contribution in [2.45, 2.75) is 33.7 Å². The number of carbonyl (C=O) groups is 1. The number of hydrogen-bond acceptors (Lipinski definition) is 1. The van der Waals surface area contributed by atoms with E-state index in [0.29, 0.717) is 21.4 Å². The van der Waals surface area contributed by atoms with Gasteiger partial charge in [0.25, 0.3) is 5.91 Å². The zero-order valence-corrected chi connectivity index (χ0v) is 16.0. The van der Waals surface area contributed by atoms with Crippen molar-refractivity contribution in [2.75, 3.05) is 5.32 Å². The van der Waals surface area contributed by atoms with Gasteiger partial charge in [0.05, 0.1) is 10.0 Å². The van der Waals surface area contributed by atoms with Gasteiger partial charge in [-0.1, -0.05) is 36.2 Å². The molecular weight excluding hydrogens is 355 g/mol. The number of amides is 1. The number of aromatic nitrogens is 1. The molecule has 0 aliphatic heterocycles. The maximum atomic E-state index is 12.9. The molecule has 3 rings (SSSR count). The highest BCUT2D eigenvalue weighted by molar-refractivity contribution is 6.42. The van der Waals surface area contributed by atoms with E-state index in [1.807, 2.05) is 13.8 Å². The number of halogens is 2. The molecule has 5 heteroatoms. The fourth-order valence-electron chi connectivity index (χ4n) is 3.17. The lowest BCUT2D eigenvalue weighted by Gasteiger charge is -2.10. The molecule has 0 spiro atoms. The number of rotatable bonds is 4. The molecule has 2 aromatic carbocycles. The van der Waals surface area contributed by atoms with E-state index < -0.39 is 0 Å². The average Bonchev–Trinajstić information content (AvgIpc) is 2.89. The van der Waals surface area contributed by atoms with Gasteiger partial charge in [0, 0.05) is 23.1 Å². The molecule has 3 aromatic rings. The molecule has 1 heterocycles. The van der Waals surface area contributed by atoms with Crippen molar-refractivity contribution < 1.29 is 4.79 Å². The van der Waals surface area contributed by atoms with E-state index in [9.17, 15) is 4.79 Å². The Balaban J connectivity index is 2.05. The van der Waals surface area contributed by atoms with Crippen LogP contribution in [0.3, 0.4) is 0 Å². The van der Waals surface area contributed by atoms with E-state index in [2.05, 4.69) is 35.0 Å². The van der Waals surface area contributed by atoms with Gasteiger partial charge in [-0.25, -0.2) is 0 Å². The Labute approximate surface area is 157 Å². The van der Waals surface area contributed by atoms with E-state index in [1.165, 1.54) is 5.56 Å². The van der Waals surface area contributed by atoms with Gasteiger partial charge in [-0.3, -0.25) is 4.79 Å². The number of fused-ring (bicyclic) bond motifs is 1. The SMILES string of the molecule is CCc1ccc2c(c1)c(C)c(C(=O)Nc1ccc(Cl)c(Cl)c1)n2CC. The zero-order chi connectivity index (χ0) is 18.1. The third kappa shape index (κ3) is 3.26. The monoisotopic (exact) mass is 374 g/mol. The van der Waals surface area contributed by atoms with Crippen LogP contribution >= 0.6 is 23.2 Å². The lowest BCUT2D eigenvalue weighted by Crippen LogP contribution is -2.17. The normalized spacial score (nSPS) is 11.1. The summed E-state index contributed by atoms with van der Waals surface area (Å²) < 4.78 is 2.05. The highest BCUT2D eigenvalue weighted by Gasteiger charge is 2.20. The summed E-state index contributed by atoms with van der Waals surface area (Å²) in [5.74, 6) is -0.146. The predicted octanol–water partition coefficient (Wildman–Crippen LogP) is 6.09. The van der Waals surface area contributed by atoms with Crippen LogP contribution in [0.25, 0.3) is 10.9 Å². The number of nitrogens with zero attached hydrogens (tertiary/aromatic N) is 1. The quantitative estimate of drug-likeness (QED) is 0.588. The van der Waals surface area contributed by atoms with Crippen LogP contribution < -0.4 is 5.32 Å². The first kappa shape index (κ1) is 17.8. The number of benzene rings is 2. The number of carbonyl (C=O) groups excluding carboxylic acids is 1. The van der Waals surface area contributed by atoms with Gasteiger partial charge in [0.1, 0.15) is 5.69 Å². The standard InChI is InChI=1S/C20H20Cl2N2O/c1-4-13-6-9-18-15(10-13)12(3)19(24(18)5-2)20(25)23-14-7-8-16(21)17(22)11-14/h6-11H,4-5H2,1-3H3,(H,23,25). The Hall–Kier alpha value is -1.97. The van der Waals surface area contributed by atoms with E-state index in [4.69, 9.17) is 23.2 Å². The molecular formula is C20H20Cl2N2O. The van der Waals surface area contributed by atoms with Gasteiger partial charge in [-0.05, 0) is 61.7 Å². The van der Waals surface area contributed by atoms with Crippen LogP contribution in [0, 0.1) is 6.92 Å². The summed E-state index contributed by atoms with van der Waals surface area (Å²) in [5, 5.41) is 4.93. The Morgan fingerprint density at radius 2 is 1.84 bits per heavy atom. The molecule has 0 unspecified atom stereocenters. The number of anilines is 1. The van der Waals surface area contributed by atoms with Crippen molar-refractivity contribution in [1.82, 2.24) is 4.57 Å². The second-order valence-corrected chi connectivity index (χ2v) is 6.82. The average molecular weight is 375 g/mol. The summed E-state index contributed by atoms with van der Waals surface area (Å²) in [4.78, 5) is 12.9. The van der Waals surface area contributed by atoms with Crippen LogP contribution in [0.15, 0.2) is 36.4 Å². The number of nitrogens with one attached hydrogen (secondary N) is 1. The summed E-state index contributed by atoms with van der Waals surface area (Å²) in [6.07, 6.45) is 0.970. The Morgan fingerprint density at radius 3 is 2.48 bits per heavy atom. The maximum absolute atomic E-state index is 12.9. The first-order valence-corrected chi connectivity index (χ1v) is 9.10. The summed E-state index contributed by atoms with van der Waals surface area (Å²) in [6.45, 7) is 6.89. The molecule has 1 N–H and O–H groups in total. The molecule has 1 amide bonds. The van der Waals surface area contributed by atoms with Crippen molar-refractivity contribution in [3.05, 3.63) is 63.3 Å². The Morgan fingerprint density at radius 1 is 1.08 bits per heavy atom. The summed E-state index contributed by atoms with van der Waals surface area (Å²) >= 11 is 12.0. The minimum Gasteiger partial charge on any atom is -0.337 e. The summed E-state index contributed by atoms with van der Waals surface area (Å²) in [7, 11) is 0. The maximum Gasteiger partial charge on any atom is 0.272 e. The number of hydrogen-bond donors (Lipinski definition) is 1. The fraction of sp³-hybridized carbons (Fsp3) is 0.250. The Kier molecular flexibility index (Phi) is 5.07. The molecule has 130 valence electrons. The van der Waals surface area contributed by atoms with Gasteiger partial charge in [-0.15, -0.1) is 0 Å². The highest BCUT2D eigenvalue weighted by atomic mass is 35.5. The van der Waals surface area contributed by atoms with Crippen LogP contribution in [0.1, 0.15) is 35.5 Å². The topological polar surface area (TPSA) is 34.0 Å². The molecule has 0 aliphatic carbocycles. The first-order chi connectivity index (χ1) is 12.0. The minimum atomic E-state index is -0.146. The highest BCUT2D eigenvalue weighted by Crippen LogP contribution is 2.29. The molecule has 0 atom stereocenters. The van der Waals surface area contributed by atoms with Crippen LogP contribution in [-0.4, -0.2) is 10.5 Å². The zero-order valence-electron chi connectivity index (χ0n) is 14.5. The molecule has 0 radical (unpaired) electrons. The molecule has 1 aromatic heterocycles. The van der Waals surface area contributed by atoms with Gasteiger partial charge in [-0.2, -0.15) is 0 Å². The van der Waals surface area contributed by atoms with E-state index >= 15 is 0 Å². The fourth-order valence-corrected chi connectivity index (χ4v) is 3.47. The predicted molar refractivity (Wildman–Crippen MR) is 106 cm³/mol. The smallest absolute Gasteiger partial charge is 0.272 e. The third-order valence-electron chi connectivity index (χ3n) is 4.50. The molecule has 0 saturated carbocycles. The van der Waals surface area contributed by atoms with Crippen molar-refractivity contribution in [3.8, 4) is 0 Å². The van der Waals surface area contributed by atoms with Crippen molar-refractivity contribution >= 4 is 45.7 Å². The summed E-state index contributed by atoms with van der Waals surface area (Å²) in [6, 6.07) is 11.5. The van der Waals surface area contributed by atoms with Crippen LogP contribution in [0.2, 0.25) is 10.0 Å². The van der Waals surface area contributed by atoms with Crippen molar-refractivity contribution in [2.24, 2.45) is 0 Å². The van der Waals surface area contributed by atoms with Crippen LogP contribution in [0.5, 0.6) is 0 Å². The second kappa shape index (κ2) is 7.11. The van der Waals surface area contributed by atoms with Crippen molar-refractivity contribution in [1.29, 1.82) is 0 Å². The lowest BCUT2D eigenvalue weighted by atomic mass is 10.1. The molecule has 0 bridgehead atoms. The Bertz CT molecular complexity index is 960. The van der Waals surface area contributed by atoms with Gasteiger partial charge < -0.3 is 9.88 Å². The number of aryl methyl sites for hydroxylation is 3. The first-order valence-electron chi connectivity index (χ1n) is 8.34. The van der Waals surface area contributed by atoms with Gasteiger partial charge in [0.2, 0.25) is 0 Å². The van der Waals surface area contributed by atoms with E-state index in [0.717, 1.165) is 29.4 Å². The minimum absolute atomic E-state index is 0.146. The third-order valence-corrected chi connectivity index (χ3v) is 5.24. The van der Waals surface area contributed by atoms with Gasteiger partial charge >= 0.3 is 0 Å². The van der Waals surface area contributed by atoms with E-state index in [1.54, 1.807) is 18.2 Å². The molecule has 3 nitrogen and oxygen atoms in total. The van der Waals surface area contributed by atoms with Crippen molar-refractivity contribution in [3.63, 3.8) is 0 Å². The van der Waals surface area contributed by atoms with E-state index in [-0.39, 0.29) is 5.91 Å². The largest absolute Gasteiger partial charge is 0.337 e. The lowest BCUT2D eigenvalue weighted by molar-refractivity contribution is 0.101. The molecule has 0 saturated heterocycles. The summed E-state index contributed by atoms with van der Waals surface area (Å²) in [5.41, 5.74) is 4.64. The second-order valence-electron chi connectivity index (χ2n) is 6.01. The molecule has 0 aliphatic rings. The van der Waals surface area contributed by atoms with Gasteiger partial charge in [0.15, 0.2) is 0 Å². The van der Waals surface area contributed by atoms with Crippen LogP contribution in [-0.2, 0) is 13.0 Å². The molecule has 0 fully saturated rings. The van der Waals surface area contributed by atoms with Crippen LogP contribution in [0.4, 0.5) is 5.69 Å².